The minimum absolute atomic E-state index is 0.0874. The first kappa shape index (κ1) is 24.4. The number of anilines is 1. The zero-order valence-electron chi connectivity index (χ0n) is 20.0. The molecule has 4 rings (SSSR count). The van der Waals surface area contributed by atoms with E-state index in [4.69, 9.17) is 21.4 Å². The predicted octanol–water partition coefficient (Wildman–Crippen LogP) is 3.66. The highest BCUT2D eigenvalue weighted by atomic mass is 19.1. The summed E-state index contributed by atoms with van der Waals surface area (Å²) in [6.07, 6.45) is 1.89. The molecule has 0 saturated carbocycles. The van der Waals surface area contributed by atoms with E-state index in [2.05, 4.69) is 28.7 Å². The Morgan fingerprint density at radius 3 is 2.40 bits per heavy atom. The van der Waals surface area contributed by atoms with Gasteiger partial charge in [0.2, 0.25) is 11.6 Å². The monoisotopic (exact) mass is 477 g/mol. The molecule has 1 fully saturated rings. The maximum atomic E-state index is 14.6. The van der Waals surface area contributed by atoms with Gasteiger partial charge in [-0.05, 0) is 50.7 Å². The number of aliphatic hydroxyl groups excluding tert-OH is 1. The molecule has 3 aromatic rings. The summed E-state index contributed by atoms with van der Waals surface area (Å²) in [4.78, 5) is 26.1. The van der Waals surface area contributed by atoms with Crippen molar-refractivity contribution in [1.29, 1.82) is 0 Å². The Bertz CT molecular complexity index is 1310. The van der Waals surface area contributed by atoms with E-state index in [1.165, 1.54) is 16.7 Å². The number of hydrogen-bond acceptors (Lipinski definition) is 6. The van der Waals surface area contributed by atoms with Crippen molar-refractivity contribution in [2.45, 2.75) is 18.9 Å². The molecule has 182 valence electrons. The molecule has 0 atom stereocenters. The van der Waals surface area contributed by atoms with Gasteiger partial charge in [-0.15, -0.1) is 0 Å². The van der Waals surface area contributed by atoms with E-state index in [0.29, 0.717) is 40.1 Å². The van der Waals surface area contributed by atoms with Crippen molar-refractivity contribution in [3.63, 3.8) is 0 Å². The Kier molecular flexibility index (Phi) is 7.15. The van der Waals surface area contributed by atoms with Gasteiger partial charge in [-0.3, -0.25) is 9.36 Å². The predicted molar refractivity (Wildman–Crippen MR) is 133 cm³/mol. The molecule has 35 heavy (non-hydrogen) atoms. The van der Waals surface area contributed by atoms with E-state index in [1.807, 2.05) is 0 Å². The lowest BCUT2D eigenvalue weighted by Crippen LogP contribution is -2.44. The smallest absolute Gasteiger partial charge is 0.263 e. The fourth-order valence-electron chi connectivity index (χ4n) is 4.46. The molecule has 8 nitrogen and oxygen atoms in total. The van der Waals surface area contributed by atoms with Crippen LogP contribution in [0.4, 0.5) is 16.0 Å². The van der Waals surface area contributed by atoms with Crippen LogP contribution in [0.2, 0.25) is 0 Å². The van der Waals surface area contributed by atoms with Crippen LogP contribution < -0.4 is 15.2 Å². The summed E-state index contributed by atoms with van der Waals surface area (Å²) in [7, 11) is 5.83. The van der Waals surface area contributed by atoms with Gasteiger partial charge in [0.1, 0.15) is 11.6 Å². The lowest BCUT2D eigenvalue weighted by atomic mass is 9.99. The third-order valence-corrected chi connectivity index (χ3v) is 6.46. The molecule has 0 aliphatic carbocycles. The number of ether oxygens (including phenoxy) is 1. The van der Waals surface area contributed by atoms with Crippen LogP contribution in [0.15, 0.2) is 47.3 Å². The zero-order valence-corrected chi connectivity index (χ0v) is 20.0. The summed E-state index contributed by atoms with van der Waals surface area (Å²) in [5.41, 5.74) is 1.34. The van der Waals surface area contributed by atoms with Crippen LogP contribution in [0.3, 0.4) is 0 Å². The van der Waals surface area contributed by atoms with Gasteiger partial charge in [-0.25, -0.2) is 14.2 Å². The molecule has 0 amide bonds. The van der Waals surface area contributed by atoms with Crippen molar-refractivity contribution in [3.05, 3.63) is 70.1 Å². The van der Waals surface area contributed by atoms with Crippen LogP contribution in [0.25, 0.3) is 27.2 Å². The molecule has 2 heterocycles. The summed E-state index contributed by atoms with van der Waals surface area (Å²) in [5, 5.41) is 9.00. The van der Waals surface area contributed by atoms with Gasteiger partial charge in [0.25, 0.3) is 5.56 Å². The third kappa shape index (κ3) is 4.90. The molecular weight excluding hydrogens is 449 g/mol. The average Bonchev–Trinajstić information content (AvgIpc) is 2.86. The van der Waals surface area contributed by atoms with Crippen molar-refractivity contribution in [2.24, 2.45) is 7.05 Å². The van der Waals surface area contributed by atoms with E-state index in [1.54, 1.807) is 37.4 Å². The number of nitrogens with zero attached hydrogens (tertiary/aromatic N) is 5. The first-order valence-corrected chi connectivity index (χ1v) is 11.4. The van der Waals surface area contributed by atoms with Crippen LogP contribution in [-0.4, -0.2) is 59.6 Å². The maximum Gasteiger partial charge on any atom is 0.263 e. The minimum atomic E-state index is -0.661. The van der Waals surface area contributed by atoms with Crippen LogP contribution in [0.1, 0.15) is 12.8 Å². The van der Waals surface area contributed by atoms with Gasteiger partial charge >= 0.3 is 0 Å². The number of piperidine rings is 1. The van der Waals surface area contributed by atoms with Gasteiger partial charge < -0.3 is 19.6 Å². The van der Waals surface area contributed by atoms with Crippen LogP contribution in [0.5, 0.6) is 5.75 Å². The summed E-state index contributed by atoms with van der Waals surface area (Å²) in [6, 6.07) is 11.5. The molecule has 1 aliphatic heterocycles. The number of benzene rings is 2. The normalized spacial score (nSPS) is 14.3. The second kappa shape index (κ2) is 10.3. The van der Waals surface area contributed by atoms with Crippen molar-refractivity contribution in [3.8, 4) is 28.1 Å². The number of hydrogen-bond donors (Lipinski definition) is 1. The lowest BCUT2D eigenvalue weighted by Gasteiger charge is -2.36. The summed E-state index contributed by atoms with van der Waals surface area (Å²) in [6.45, 7) is 8.19. The maximum absolute atomic E-state index is 14.6. The first-order valence-electron chi connectivity index (χ1n) is 11.4. The lowest BCUT2D eigenvalue weighted by molar-refractivity contribution is 0.0985. The molecule has 1 saturated heterocycles. The Morgan fingerprint density at radius 2 is 1.83 bits per heavy atom. The van der Waals surface area contributed by atoms with Crippen LogP contribution in [-0.2, 0) is 7.05 Å². The number of aliphatic hydroxyl groups is 1. The Balaban J connectivity index is 1.86. The molecule has 1 aromatic heterocycles. The van der Waals surface area contributed by atoms with E-state index in [-0.39, 0.29) is 11.2 Å². The van der Waals surface area contributed by atoms with Gasteiger partial charge in [0, 0.05) is 31.7 Å². The zero-order chi connectivity index (χ0) is 25.1. The second-order valence-electron chi connectivity index (χ2n) is 8.76. The molecule has 1 aliphatic rings. The van der Waals surface area contributed by atoms with Gasteiger partial charge in [-0.1, -0.05) is 24.3 Å². The number of aromatic nitrogens is 2. The number of halogens is 1. The highest BCUT2D eigenvalue weighted by Crippen LogP contribution is 2.33. The minimum Gasteiger partial charge on any atom is -0.468 e. The van der Waals surface area contributed by atoms with E-state index >= 15 is 0 Å². The highest BCUT2D eigenvalue weighted by Gasteiger charge is 2.26. The van der Waals surface area contributed by atoms with Crippen molar-refractivity contribution in [2.75, 3.05) is 38.9 Å². The molecule has 2 aromatic carbocycles. The van der Waals surface area contributed by atoms with Gasteiger partial charge in [0.05, 0.1) is 17.8 Å². The molecule has 9 heteroatoms. The summed E-state index contributed by atoms with van der Waals surface area (Å²) >= 11 is 0. The van der Waals surface area contributed by atoms with E-state index in [9.17, 15) is 9.18 Å². The fraction of sp³-hybridized carbons (Fsp3) is 0.346. The van der Waals surface area contributed by atoms with E-state index in [0.717, 1.165) is 25.9 Å². The topological polar surface area (TPSA) is 75.2 Å². The Hall–Kier alpha value is -3.74. The molecule has 0 radical (unpaired) electrons. The Morgan fingerprint density at radius 1 is 1.17 bits per heavy atom. The number of rotatable bonds is 6. The van der Waals surface area contributed by atoms with E-state index < -0.39 is 12.6 Å². The molecule has 1 N–H and O–H groups in total. The molecule has 0 unspecified atom stereocenters. The summed E-state index contributed by atoms with van der Waals surface area (Å²) < 4.78 is 21.2. The standard InChI is InChI=1S/C26H28FN5O3/c1-28-22-10-7-18(15-21(22)27)24-23(17-5-8-20(9-6-17)35-16-33)25(34)31(4)26(29-24)32-13-11-19(12-14-32)30(2)3/h5-10,15,19,33H,11-14,16H2,2-4H3. The highest BCUT2D eigenvalue weighted by molar-refractivity contribution is 5.82. The SMILES string of the molecule is [C-]#[N+]c1ccc(-c2nc(N3CCC(N(C)C)CC3)n(C)c(=O)c2-c2ccc(OCO)cc2)cc1F. The molecule has 0 spiro atoms. The van der Waals surface area contributed by atoms with Crippen LogP contribution in [0, 0.1) is 12.4 Å². The third-order valence-electron chi connectivity index (χ3n) is 6.46. The Labute approximate surface area is 203 Å². The summed E-state index contributed by atoms with van der Waals surface area (Å²) in [5.74, 6) is 0.322. The second-order valence-corrected chi connectivity index (χ2v) is 8.76. The molecule has 0 bridgehead atoms. The van der Waals surface area contributed by atoms with Gasteiger partial charge in [-0.2, -0.15) is 0 Å². The molecular formula is C26H28FN5O3. The van der Waals surface area contributed by atoms with Crippen molar-refractivity contribution in [1.82, 2.24) is 14.5 Å². The average molecular weight is 478 g/mol. The quantitative estimate of drug-likeness (QED) is 0.432. The first-order chi connectivity index (χ1) is 16.8. The van der Waals surface area contributed by atoms with Gasteiger partial charge in [0.15, 0.2) is 6.79 Å². The van der Waals surface area contributed by atoms with Crippen LogP contribution >= 0.6 is 0 Å². The fourth-order valence-corrected chi connectivity index (χ4v) is 4.46. The largest absolute Gasteiger partial charge is 0.468 e. The van der Waals surface area contributed by atoms with Crippen molar-refractivity contribution < 1.29 is 14.2 Å². The van der Waals surface area contributed by atoms with Crippen molar-refractivity contribution >= 4 is 11.6 Å².